The number of hydrogen-bond acceptors (Lipinski definition) is 2. The molecule has 18 heavy (non-hydrogen) atoms. The molecule has 0 radical (unpaired) electrons. The van der Waals surface area contributed by atoms with Gasteiger partial charge in [0.05, 0.1) is 5.52 Å². The second-order valence-electron chi connectivity index (χ2n) is 4.53. The monoisotopic (exact) mass is 244 g/mol. The standard InChI is InChI=1S/C15H20N2O/c1-3-4-5-10-15(18)14-11-12-8-6-7-9-13(12)17(14)16-2/h6-9,11,16H,3-5,10H2,1-2H3. The van der Waals surface area contributed by atoms with E-state index in [1.807, 2.05) is 42.1 Å². The lowest BCUT2D eigenvalue weighted by molar-refractivity contribution is 0.0972. The average molecular weight is 244 g/mol. The number of nitrogens with one attached hydrogen (secondary N) is 1. The van der Waals surface area contributed by atoms with E-state index >= 15 is 0 Å². The zero-order valence-electron chi connectivity index (χ0n) is 11.1. The Labute approximate surface area is 108 Å². The minimum Gasteiger partial charge on any atom is -0.328 e. The third-order valence-corrected chi connectivity index (χ3v) is 3.23. The fraction of sp³-hybridized carbons (Fsp3) is 0.400. The van der Waals surface area contributed by atoms with E-state index in [4.69, 9.17) is 0 Å². The molecule has 2 rings (SSSR count). The number of benzene rings is 1. The van der Waals surface area contributed by atoms with Crippen LogP contribution in [0.2, 0.25) is 0 Å². The van der Waals surface area contributed by atoms with Crippen molar-refractivity contribution in [2.45, 2.75) is 32.6 Å². The van der Waals surface area contributed by atoms with E-state index in [9.17, 15) is 4.79 Å². The molecule has 0 aliphatic carbocycles. The van der Waals surface area contributed by atoms with Crippen LogP contribution in [0.15, 0.2) is 30.3 Å². The topological polar surface area (TPSA) is 34.0 Å². The molecule has 0 amide bonds. The molecule has 0 saturated heterocycles. The Hall–Kier alpha value is -1.77. The minimum absolute atomic E-state index is 0.217. The average Bonchev–Trinajstić information content (AvgIpc) is 2.77. The van der Waals surface area contributed by atoms with Gasteiger partial charge in [0.15, 0.2) is 5.78 Å². The van der Waals surface area contributed by atoms with Gasteiger partial charge >= 0.3 is 0 Å². The third kappa shape index (κ3) is 2.40. The van der Waals surface area contributed by atoms with Crippen LogP contribution in [0.3, 0.4) is 0 Å². The molecule has 0 atom stereocenters. The molecule has 3 nitrogen and oxygen atoms in total. The summed E-state index contributed by atoms with van der Waals surface area (Å²) in [6.07, 6.45) is 3.86. The molecular formula is C15H20N2O. The molecule has 3 heteroatoms. The number of fused-ring (bicyclic) bond motifs is 1. The summed E-state index contributed by atoms with van der Waals surface area (Å²) < 4.78 is 1.88. The lowest BCUT2D eigenvalue weighted by Crippen LogP contribution is -2.15. The number of ketones is 1. The normalized spacial score (nSPS) is 10.8. The van der Waals surface area contributed by atoms with Gasteiger partial charge < -0.3 is 5.43 Å². The summed E-state index contributed by atoms with van der Waals surface area (Å²) >= 11 is 0. The summed E-state index contributed by atoms with van der Waals surface area (Å²) in [5.74, 6) is 0.217. The van der Waals surface area contributed by atoms with Crippen molar-refractivity contribution in [3.8, 4) is 0 Å². The third-order valence-electron chi connectivity index (χ3n) is 3.23. The van der Waals surface area contributed by atoms with Crippen molar-refractivity contribution in [3.63, 3.8) is 0 Å². The molecule has 0 spiro atoms. The Kier molecular flexibility index (Phi) is 4.03. The van der Waals surface area contributed by atoms with Gasteiger partial charge in [0.25, 0.3) is 0 Å². The summed E-state index contributed by atoms with van der Waals surface area (Å²) in [4.78, 5) is 12.2. The number of carbonyl (C=O) groups excluding carboxylic acids is 1. The fourth-order valence-corrected chi connectivity index (χ4v) is 2.26. The molecule has 0 fully saturated rings. The molecule has 1 heterocycles. The molecule has 0 aliphatic heterocycles. The highest BCUT2D eigenvalue weighted by atomic mass is 16.1. The van der Waals surface area contributed by atoms with E-state index in [2.05, 4.69) is 12.3 Å². The second kappa shape index (κ2) is 5.71. The highest BCUT2D eigenvalue weighted by molar-refractivity contribution is 6.00. The van der Waals surface area contributed by atoms with E-state index in [1.54, 1.807) is 0 Å². The number of Topliss-reactive ketones (excluding diaryl/α,β-unsaturated/α-hetero) is 1. The number of unbranched alkanes of at least 4 members (excludes halogenated alkanes) is 2. The van der Waals surface area contributed by atoms with E-state index in [1.165, 1.54) is 0 Å². The molecular weight excluding hydrogens is 224 g/mol. The van der Waals surface area contributed by atoms with Gasteiger partial charge in [-0.3, -0.25) is 9.47 Å². The summed E-state index contributed by atoms with van der Waals surface area (Å²) in [7, 11) is 1.84. The number of carbonyl (C=O) groups is 1. The van der Waals surface area contributed by atoms with Gasteiger partial charge in [-0.05, 0) is 18.6 Å². The van der Waals surface area contributed by atoms with E-state index in [0.717, 1.165) is 35.9 Å². The van der Waals surface area contributed by atoms with Gasteiger partial charge in [0, 0.05) is 18.9 Å². The zero-order valence-corrected chi connectivity index (χ0v) is 11.1. The number of para-hydroxylation sites is 1. The Morgan fingerprint density at radius 2 is 2.06 bits per heavy atom. The van der Waals surface area contributed by atoms with Gasteiger partial charge in [0.2, 0.25) is 0 Å². The summed E-state index contributed by atoms with van der Waals surface area (Å²) in [6, 6.07) is 10.0. The van der Waals surface area contributed by atoms with Crippen LogP contribution in [0.25, 0.3) is 10.9 Å². The van der Waals surface area contributed by atoms with Crippen LogP contribution in [0.4, 0.5) is 0 Å². The number of aromatic nitrogens is 1. The first-order valence-corrected chi connectivity index (χ1v) is 6.59. The van der Waals surface area contributed by atoms with Gasteiger partial charge in [-0.25, -0.2) is 0 Å². The fourth-order valence-electron chi connectivity index (χ4n) is 2.26. The predicted octanol–water partition coefficient (Wildman–Crippen LogP) is 3.58. The smallest absolute Gasteiger partial charge is 0.181 e. The quantitative estimate of drug-likeness (QED) is 0.622. The van der Waals surface area contributed by atoms with Crippen LogP contribution in [0, 0.1) is 0 Å². The van der Waals surface area contributed by atoms with Gasteiger partial charge in [0.1, 0.15) is 5.69 Å². The van der Waals surface area contributed by atoms with Crippen LogP contribution in [0.1, 0.15) is 43.1 Å². The summed E-state index contributed by atoms with van der Waals surface area (Å²) in [6.45, 7) is 2.15. The van der Waals surface area contributed by atoms with Crippen LogP contribution in [-0.4, -0.2) is 17.5 Å². The first-order valence-electron chi connectivity index (χ1n) is 6.59. The molecule has 0 aliphatic rings. The lowest BCUT2D eigenvalue weighted by atomic mass is 10.1. The molecule has 1 N–H and O–H groups in total. The van der Waals surface area contributed by atoms with Gasteiger partial charge in [-0.15, -0.1) is 0 Å². The number of hydrogen-bond donors (Lipinski definition) is 1. The highest BCUT2D eigenvalue weighted by Crippen LogP contribution is 2.20. The Bertz CT molecular complexity index is 542. The zero-order chi connectivity index (χ0) is 13.0. The van der Waals surface area contributed by atoms with Crippen molar-refractivity contribution in [3.05, 3.63) is 36.0 Å². The maximum Gasteiger partial charge on any atom is 0.181 e. The van der Waals surface area contributed by atoms with Crippen molar-refractivity contribution in [2.75, 3.05) is 12.5 Å². The first kappa shape index (κ1) is 12.7. The van der Waals surface area contributed by atoms with Crippen molar-refractivity contribution < 1.29 is 4.79 Å². The molecule has 1 aromatic carbocycles. The Morgan fingerprint density at radius 1 is 1.28 bits per heavy atom. The van der Waals surface area contributed by atoms with E-state index < -0.39 is 0 Å². The first-order chi connectivity index (χ1) is 8.77. The molecule has 2 aromatic rings. The molecule has 96 valence electrons. The van der Waals surface area contributed by atoms with Crippen LogP contribution in [-0.2, 0) is 0 Å². The lowest BCUT2D eigenvalue weighted by Gasteiger charge is -2.08. The van der Waals surface area contributed by atoms with E-state index in [0.29, 0.717) is 6.42 Å². The molecule has 0 unspecified atom stereocenters. The van der Waals surface area contributed by atoms with E-state index in [-0.39, 0.29) is 5.78 Å². The van der Waals surface area contributed by atoms with Gasteiger partial charge in [-0.1, -0.05) is 38.0 Å². The molecule has 1 aromatic heterocycles. The van der Waals surface area contributed by atoms with Crippen LogP contribution < -0.4 is 5.43 Å². The molecule has 0 saturated carbocycles. The Balaban J connectivity index is 2.29. The van der Waals surface area contributed by atoms with Crippen LogP contribution >= 0.6 is 0 Å². The van der Waals surface area contributed by atoms with Crippen molar-refractivity contribution in [2.24, 2.45) is 0 Å². The minimum atomic E-state index is 0.217. The predicted molar refractivity (Wildman–Crippen MR) is 75.7 cm³/mol. The van der Waals surface area contributed by atoms with Gasteiger partial charge in [-0.2, -0.15) is 0 Å². The Morgan fingerprint density at radius 3 is 2.78 bits per heavy atom. The SMILES string of the molecule is CCCCCC(=O)c1cc2ccccc2n1NC. The second-order valence-corrected chi connectivity index (χ2v) is 4.53. The number of nitrogens with zero attached hydrogens (tertiary/aromatic N) is 1. The van der Waals surface area contributed by atoms with Crippen molar-refractivity contribution >= 4 is 16.7 Å². The van der Waals surface area contributed by atoms with Crippen molar-refractivity contribution in [1.29, 1.82) is 0 Å². The van der Waals surface area contributed by atoms with Crippen molar-refractivity contribution in [1.82, 2.24) is 4.68 Å². The highest BCUT2D eigenvalue weighted by Gasteiger charge is 2.14. The molecule has 0 bridgehead atoms. The number of rotatable bonds is 6. The van der Waals surface area contributed by atoms with Crippen LogP contribution in [0.5, 0.6) is 0 Å². The maximum atomic E-state index is 12.2. The maximum absolute atomic E-state index is 12.2. The largest absolute Gasteiger partial charge is 0.328 e. The summed E-state index contributed by atoms with van der Waals surface area (Å²) in [5.41, 5.74) is 4.90. The summed E-state index contributed by atoms with van der Waals surface area (Å²) in [5, 5.41) is 1.10.